The maximum absolute atomic E-state index is 13.1. The molecule has 0 saturated carbocycles. The van der Waals surface area contributed by atoms with Crippen LogP contribution in [0.2, 0.25) is 0 Å². The number of rotatable bonds is 2. The van der Waals surface area contributed by atoms with E-state index in [4.69, 9.17) is 9.47 Å². The second-order valence-electron chi connectivity index (χ2n) is 7.11. The van der Waals surface area contributed by atoms with Crippen molar-refractivity contribution in [3.8, 4) is 11.5 Å². The Hall–Kier alpha value is -2.66. The molecule has 1 amide bonds. The maximum atomic E-state index is 13.1. The summed E-state index contributed by atoms with van der Waals surface area (Å²) in [6.45, 7) is 1.83. The smallest absolute Gasteiger partial charge is 0.253 e. The van der Waals surface area contributed by atoms with Crippen LogP contribution >= 0.6 is 11.8 Å². The summed E-state index contributed by atoms with van der Waals surface area (Å²) in [7, 11) is 0. The number of hydrogen-bond donors (Lipinski definition) is 0. The van der Waals surface area contributed by atoms with Crippen LogP contribution in [0.5, 0.6) is 11.5 Å². The van der Waals surface area contributed by atoms with Crippen molar-refractivity contribution in [1.29, 1.82) is 0 Å². The minimum Gasteiger partial charge on any atom is -0.454 e. The Morgan fingerprint density at radius 2 is 1.79 bits per heavy atom. The lowest BCUT2D eigenvalue weighted by Crippen LogP contribution is -2.32. The van der Waals surface area contributed by atoms with Crippen LogP contribution in [-0.4, -0.2) is 36.4 Å². The third kappa shape index (κ3) is 3.31. The van der Waals surface area contributed by atoms with Gasteiger partial charge in [-0.3, -0.25) is 4.79 Å². The van der Waals surface area contributed by atoms with Gasteiger partial charge < -0.3 is 14.4 Å². The van der Waals surface area contributed by atoms with Gasteiger partial charge in [0.15, 0.2) is 11.5 Å². The van der Waals surface area contributed by atoms with E-state index in [1.165, 1.54) is 5.56 Å². The Bertz CT molecular complexity index is 1040. The zero-order valence-corrected chi connectivity index (χ0v) is 16.3. The SMILES string of the molecule is O=C(c1ccc2ccccc2c1)N1CCSC(c2ccc3c(c2)OCO3)CC1. The highest BCUT2D eigenvalue weighted by Gasteiger charge is 2.24. The number of thioether (sulfide) groups is 1. The quantitative estimate of drug-likeness (QED) is 0.624. The topological polar surface area (TPSA) is 38.8 Å². The predicted octanol–water partition coefficient (Wildman–Crippen LogP) is 4.89. The van der Waals surface area contributed by atoms with E-state index in [-0.39, 0.29) is 5.91 Å². The van der Waals surface area contributed by atoms with E-state index in [0.717, 1.165) is 53.1 Å². The number of fused-ring (bicyclic) bond motifs is 2. The van der Waals surface area contributed by atoms with Crippen LogP contribution in [0.3, 0.4) is 0 Å². The minimum absolute atomic E-state index is 0.123. The Morgan fingerprint density at radius 3 is 2.71 bits per heavy atom. The number of nitrogens with zero attached hydrogens (tertiary/aromatic N) is 1. The van der Waals surface area contributed by atoms with Crippen molar-refractivity contribution in [3.05, 3.63) is 71.8 Å². The molecule has 3 aromatic rings. The monoisotopic (exact) mass is 391 g/mol. The summed E-state index contributed by atoms with van der Waals surface area (Å²) < 4.78 is 10.9. The summed E-state index contributed by atoms with van der Waals surface area (Å²) in [6.07, 6.45) is 0.934. The summed E-state index contributed by atoms with van der Waals surface area (Å²) in [5, 5.41) is 2.63. The molecule has 5 rings (SSSR count). The molecule has 28 heavy (non-hydrogen) atoms. The highest BCUT2D eigenvalue weighted by atomic mass is 32.2. The standard InChI is InChI=1S/C23H21NO3S/c25-23(19-6-5-16-3-1-2-4-17(16)13-19)24-10-9-22(28-12-11-24)18-7-8-20-21(14-18)27-15-26-20/h1-8,13-14,22H,9-12,15H2. The fourth-order valence-corrected chi connectivity index (χ4v) is 5.08. The van der Waals surface area contributed by atoms with Gasteiger partial charge in [-0.15, -0.1) is 0 Å². The molecule has 0 spiro atoms. The third-order valence-electron chi connectivity index (χ3n) is 5.39. The van der Waals surface area contributed by atoms with Gasteiger partial charge in [0.2, 0.25) is 6.79 Å². The van der Waals surface area contributed by atoms with Gasteiger partial charge in [-0.25, -0.2) is 0 Å². The van der Waals surface area contributed by atoms with Crippen LogP contribution in [0.15, 0.2) is 60.7 Å². The first kappa shape index (κ1) is 17.4. The highest BCUT2D eigenvalue weighted by molar-refractivity contribution is 7.99. The van der Waals surface area contributed by atoms with Crippen LogP contribution in [0, 0.1) is 0 Å². The van der Waals surface area contributed by atoms with Gasteiger partial charge in [-0.2, -0.15) is 11.8 Å². The van der Waals surface area contributed by atoms with Gasteiger partial charge in [0.1, 0.15) is 0 Å². The van der Waals surface area contributed by atoms with Crippen molar-refractivity contribution in [2.24, 2.45) is 0 Å². The average molecular weight is 391 g/mol. The lowest BCUT2D eigenvalue weighted by atomic mass is 10.1. The molecular weight excluding hydrogens is 370 g/mol. The normalized spacial score (nSPS) is 18.9. The number of hydrogen-bond acceptors (Lipinski definition) is 4. The second kappa shape index (κ2) is 7.40. The van der Waals surface area contributed by atoms with Crippen molar-refractivity contribution in [2.75, 3.05) is 25.6 Å². The fourth-order valence-electron chi connectivity index (χ4n) is 3.86. The molecule has 1 atom stereocenters. The summed E-state index contributed by atoms with van der Waals surface area (Å²) in [4.78, 5) is 15.1. The van der Waals surface area contributed by atoms with Crippen LogP contribution < -0.4 is 9.47 Å². The van der Waals surface area contributed by atoms with Crippen molar-refractivity contribution in [1.82, 2.24) is 4.90 Å². The van der Waals surface area contributed by atoms with E-state index in [0.29, 0.717) is 12.0 Å². The predicted molar refractivity (Wildman–Crippen MR) is 112 cm³/mol. The van der Waals surface area contributed by atoms with Gasteiger partial charge in [-0.1, -0.05) is 36.4 Å². The second-order valence-corrected chi connectivity index (χ2v) is 8.43. The van der Waals surface area contributed by atoms with Crippen molar-refractivity contribution < 1.29 is 14.3 Å². The average Bonchev–Trinajstić information content (AvgIpc) is 3.07. The molecule has 0 N–H and O–H groups in total. The minimum atomic E-state index is 0.123. The Kier molecular flexibility index (Phi) is 4.61. The van der Waals surface area contributed by atoms with E-state index in [9.17, 15) is 4.79 Å². The number of ether oxygens (including phenoxy) is 2. The summed E-state index contributed by atoms with van der Waals surface area (Å²) in [5.41, 5.74) is 2.01. The molecule has 1 saturated heterocycles. The molecular formula is C23H21NO3S. The van der Waals surface area contributed by atoms with Crippen LogP contribution in [-0.2, 0) is 0 Å². The van der Waals surface area contributed by atoms with Crippen molar-refractivity contribution >= 4 is 28.4 Å². The summed E-state index contributed by atoms with van der Waals surface area (Å²) in [5.74, 6) is 2.69. The van der Waals surface area contributed by atoms with E-state index in [2.05, 4.69) is 24.3 Å². The van der Waals surface area contributed by atoms with Crippen LogP contribution in [0.1, 0.15) is 27.6 Å². The molecule has 142 valence electrons. The first-order chi connectivity index (χ1) is 13.8. The van der Waals surface area contributed by atoms with E-state index < -0.39 is 0 Å². The Labute approximate surface area is 168 Å². The zero-order chi connectivity index (χ0) is 18.9. The van der Waals surface area contributed by atoms with Gasteiger partial charge in [0, 0.05) is 29.7 Å². The Balaban J connectivity index is 1.31. The summed E-state index contributed by atoms with van der Waals surface area (Å²) >= 11 is 1.91. The number of benzene rings is 3. The van der Waals surface area contributed by atoms with Gasteiger partial charge in [0.05, 0.1) is 0 Å². The molecule has 3 aromatic carbocycles. The molecule has 2 heterocycles. The lowest BCUT2D eigenvalue weighted by Gasteiger charge is -2.20. The Morgan fingerprint density at radius 1 is 0.929 bits per heavy atom. The molecule has 5 heteroatoms. The molecule has 0 aliphatic carbocycles. The van der Waals surface area contributed by atoms with Crippen LogP contribution in [0.25, 0.3) is 10.8 Å². The van der Waals surface area contributed by atoms with Gasteiger partial charge in [0.25, 0.3) is 5.91 Å². The molecule has 2 aliphatic heterocycles. The molecule has 0 bridgehead atoms. The largest absolute Gasteiger partial charge is 0.454 e. The molecule has 2 aliphatic rings. The number of amides is 1. The zero-order valence-electron chi connectivity index (χ0n) is 15.5. The fraction of sp³-hybridized carbons (Fsp3) is 0.261. The van der Waals surface area contributed by atoms with Gasteiger partial charge in [-0.05, 0) is 47.0 Å². The molecule has 1 unspecified atom stereocenters. The van der Waals surface area contributed by atoms with Crippen molar-refractivity contribution in [3.63, 3.8) is 0 Å². The first-order valence-corrected chi connectivity index (χ1v) is 10.6. The van der Waals surface area contributed by atoms with Crippen LogP contribution in [0.4, 0.5) is 0 Å². The summed E-state index contributed by atoms with van der Waals surface area (Å²) in [6, 6.07) is 20.3. The lowest BCUT2D eigenvalue weighted by molar-refractivity contribution is 0.0766. The maximum Gasteiger partial charge on any atom is 0.253 e. The highest BCUT2D eigenvalue weighted by Crippen LogP contribution is 2.40. The van der Waals surface area contributed by atoms with Crippen molar-refractivity contribution in [2.45, 2.75) is 11.7 Å². The van der Waals surface area contributed by atoms with Gasteiger partial charge >= 0.3 is 0 Å². The van der Waals surface area contributed by atoms with E-state index in [1.807, 2.05) is 53.1 Å². The first-order valence-electron chi connectivity index (χ1n) is 9.57. The molecule has 4 nitrogen and oxygen atoms in total. The third-order valence-corrected chi connectivity index (χ3v) is 6.72. The molecule has 0 radical (unpaired) electrons. The number of carbonyl (C=O) groups excluding carboxylic acids is 1. The molecule has 0 aromatic heterocycles. The van der Waals surface area contributed by atoms with E-state index >= 15 is 0 Å². The van der Waals surface area contributed by atoms with E-state index in [1.54, 1.807) is 0 Å². The molecule has 1 fully saturated rings. The number of carbonyl (C=O) groups is 1.